The third kappa shape index (κ3) is 1.90. The normalized spacial score (nSPS) is 18.9. The topological polar surface area (TPSA) is 58.0 Å². The molecule has 1 aliphatic rings. The van der Waals surface area contributed by atoms with Gasteiger partial charge in [-0.25, -0.2) is 0 Å². The Hall–Kier alpha value is -1.67. The van der Waals surface area contributed by atoms with Gasteiger partial charge in [-0.1, -0.05) is 17.2 Å². The maximum absolute atomic E-state index is 8.42. The van der Waals surface area contributed by atoms with E-state index in [1.165, 1.54) is 11.1 Å². The summed E-state index contributed by atoms with van der Waals surface area (Å²) in [7, 11) is 1.67. The van der Waals surface area contributed by atoms with Crippen molar-refractivity contribution in [2.75, 3.05) is 7.11 Å². The molecular formula is C11H13N3O. The Morgan fingerprint density at radius 2 is 2.40 bits per heavy atom. The molecule has 0 saturated carbocycles. The van der Waals surface area contributed by atoms with Gasteiger partial charge < -0.3 is 4.74 Å². The average Bonchev–Trinajstić information content (AvgIpc) is 2.28. The number of benzene rings is 1. The zero-order valence-corrected chi connectivity index (χ0v) is 8.68. The van der Waals surface area contributed by atoms with Gasteiger partial charge >= 0.3 is 0 Å². The molecule has 1 aromatic rings. The number of ether oxygens (including phenoxy) is 1. The Bertz CT molecular complexity index is 396. The van der Waals surface area contributed by atoms with Crippen LogP contribution in [0.25, 0.3) is 10.4 Å². The molecule has 0 saturated heterocycles. The van der Waals surface area contributed by atoms with E-state index in [2.05, 4.69) is 16.1 Å². The van der Waals surface area contributed by atoms with Crippen LogP contribution < -0.4 is 4.74 Å². The third-order valence-corrected chi connectivity index (χ3v) is 2.85. The van der Waals surface area contributed by atoms with Gasteiger partial charge in [0.25, 0.3) is 0 Å². The Kier molecular flexibility index (Phi) is 2.79. The summed E-state index contributed by atoms with van der Waals surface area (Å²) in [5, 5.41) is 3.78. The summed E-state index contributed by atoms with van der Waals surface area (Å²) in [6, 6.07) is 6.16. The van der Waals surface area contributed by atoms with E-state index < -0.39 is 0 Å². The summed E-state index contributed by atoms with van der Waals surface area (Å²) in [5.74, 6) is 0.908. The minimum absolute atomic E-state index is 0.0822. The number of azide groups is 1. The monoisotopic (exact) mass is 203 g/mol. The molecule has 0 N–H and O–H groups in total. The molecular weight excluding hydrogens is 190 g/mol. The Balaban J connectivity index is 2.33. The number of nitrogens with zero attached hydrogens (tertiary/aromatic N) is 3. The Morgan fingerprint density at radius 1 is 1.53 bits per heavy atom. The highest BCUT2D eigenvalue weighted by Gasteiger charge is 2.20. The first-order valence-corrected chi connectivity index (χ1v) is 5.04. The second-order valence-corrected chi connectivity index (χ2v) is 3.70. The lowest BCUT2D eigenvalue weighted by Gasteiger charge is -2.22. The minimum atomic E-state index is 0.0822. The molecule has 2 rings (SSSR count). The molecule has 15 heavy (non-hydrogen) atoms. The van der Waals surface area contributed by atoms with E-state index in [1.54, 1.807) is 7.11 Å². The first-order valence-electron chi connectivity index (χ1n) is 5.04. The predicted molar refractivity (Wildman–Crippen MR) is 58.0 cm³/mol. The van der Waals surface area contributed by atoms with Crippen LogP contribution in [0.5, 0.6) is 5.75 Å². The highest BCUT2D eigenvalue weighted by atomic mass is 16.5. The van der Waals surface area contributed by atoms with Gasteiger partial charge in [-0.15, -0.1) is 0 Å². The van der Waals surface area contributed by atoms with Crippen molar-refractivity contribution in [2.45, 2.75) is 25.3 Å². The first-order chi connectivity index (χ1) is 7.35. The second-order valence-electron chi connectivity index (χ2n) is 3.70. The van der Waals surface area contributed by atoms with Crippen LogP contribution in [-0.4, -0.2) is 13.2 Å². The summed E-state index contributed by atoms with van der Waals surface area (Å²) in [4.78, 5) is 2.87. The van der Waals surface area contributed by atoms with Crippen LogP contribution in [0, 0.1) is 0 Å². The average molecular weight is 203 g/mol. The molecule has 1 aromatic carbocycles. The summed E-state index contributed by atoms with van der Waals surface area (Å²) in [6.45, 7) is 0. The number of aryl methyl sites for hydroxylation is 1. The summed E-state index contributed by atoms with van der Waals surface area (Å²) >= 11 is 0. The van der Waals surface area contributed by atoms with Crippen LogP contribution in [0.1, 0.15) is 17.5 Å². The highest BCUT2D eigenvalue weighted by molar-refractivity contribution is 5.42. The molecule has 4 nitrogen and oxygen atoms in total. The van der Waals surface area contributed by atoms with E-state index >= 15 is 0 Å². The fourth-order valence-corrected chi connectivity index (χ4v) is 2.10. The number of hydrogen-bond donors (Lipinski definition) is 0. The number of rotatable bonds is 2. The van der Waals surface area contributed by atoms with Crippen molar-refractivity contribution in [1.29, 1.82) is 0 Å². The van der Waals surface area contributed by atoms with Crippen molar-refractivity contribution in [2.24, 2.45) is 5.11 Å². The molecule has 0 unspecified atom stereocenters. The molecule has 78 valence electrons. The maximum Gasteiger partial charge on any atom is 0.122 e. The van der Waals surface area contributed by atoms with Crippen molar-refractivity contribution in [3.63, 3.8) is 0 Å². The van der Waals surface area contributed by atoms with Crippen LogP contribution in [0.3, 0.4) is 0 Å². The van der Waals surface area contributed by atoms with E-state index in [-0.39, 0.29) is 6.04 Å². The van der Waals surface area contributed by atoms with Crippen molar-refractivity contribution in [3.8, 4) is 5.75 Å². The lowest BCUT2D eigenvalue weighted by atomic mass is 9.88. The van der Waals surface area contributed by atoms with Gasteiger partial charge in [-0.05, 0) is 42.0 Å². The van der Waals surface area contributed by atoms with Crippen molar-refractivity contribution in [3.05, 3.63) is 39.8 Å². The van der Waals surface area contributed by atoms with Crippen LogP contribution in [-0.2, 0) is 12.8 Å². The maximum atomic E-state index is 8.42. The lowest BCUT2D eigenvalue weighted by Crippen LogP contribution is -2.17. The van der Waals surface area contributed by atoms with Gasteiger partial charge in [0.2, 0.25) is 0 Å². The van der Waals surface area contributed by atoms with Crippen LogP contribution in [0.2, 0.25) is 0 Å². The SMILES string of the molecule is COc1cccc2c1C[C@H](N=[N+]=[N-])CC2. The lowest BCUT2D eigenvalue weighted by molar-refractivity contribution is 0.403. The van der Waals surface area contributed by atoms with Gasteiger partial charge in [0.05, 0.1) is 7.11 Å². The molecule has 0 spiro atoms. The molecule has 1 aliphatic carbocycles. The molecule has 0 fully saturated rings. The largest absolute Gasteiger partial charge is 0.496 e. The van der Waals surface area contributed by atoms with Crippen molar-refractivity contribution >= 4 is 0 Å². The van der Waals surface area contributed by atoms with Crippen LogP contribution >= 0.6 is 0 Å². The van der Waals surface area contributed by atoms with E-state index in [0.717, 1.165) is 25.0 Å². The molecule has 0 radical (unpaired) electrons. The predicted octanol–water partition coefficient (Wildman–Crippen LogP) is 2.86. The molecule has 1 atom stereocenters. The molecule has 0 bridgehead atoms. The number of hydrogen-bond acceptors (Lipinski definition) is 2. The Morgan fingerprint density at radius 3 is 3.13 bits per heavy atom. The van der Waals surface area contributed by atoms with Gasteiger partial charge in [0.15, 0.2) is 0 Å². The first kappa shape index (κ1) is 9.87. The van der Waals surface area contributed by atoms with E-state index in [4.69, 9.17) is 10.3 Å². The molecule has 0 amide bonds. The zero-order chi connectivity index (χ0) is 10.7. The standard InChI is InChI=1S/C11H13N3O/c1-15-11-4-2-3-8-5-6-9(13-14-12)7-10(8)11/h2-4,9H,5-7H2,1H3/t9-/m1/s1. The summed E-state index contributed by atoms with van der Waals surface area (Å²) in [5.41, 5.74) is 10.9. The van der Waals surface area contributed by atoms with Crippen LogP contribution in [0.15, 0.2) is 23.3 Å². The highest BCUT2D eigenvalue weighted by Crippen LogP contribution is 2.30. The smallest absolute Gasteiger partial charge is 0.122 e. The zero-order valence-electron chi connectivity index (χ0n) is 8.68. The van der Waals surface area contributed by atoms with Gasteiger partial charge in [-0.2, -0.15) is 0 Å². The summed E-state index contributed by atoms with van der Waals surface area (Å²) < 4.78 is 5.30. The third-order valence-electron chi connectivity index (χ3n) is 2.85. The fourth-order valence-electron chi connectivity index (χ4n) is 2.10. The molecule has 0 aliphatic heterocycles. The summed E-state index contributed by atoms with van der Waals surface area (Å²) in [6.07, 6.45) is 2.70. The quantitative estimate of drug-likeness (QED) is 0.414. The molecule has 0 heterocycles. The van der Waals surface area contributed by atoms with E-state index in [9.17, 15) is 0 Å². The van der Waals surface area contributed by atoms with Crippen molar-refractivity contribution < 1.29 is 4.74 Å². The second kappa shape index (κ2) is 4.24. The molecule has 0 aromatic heterocycles. The minimum Gasteiger partial charge on any atom is -0.496 e. The fraction of sp³-hybridized carbons (Fsp3) is 0.455. The van der Waals surface area contributed by atoms with Gasteiger partial charge in [0.1, 0.15) is 5.75 Å². The van der Waals surface area contributed by atoms with E-state index in [1.807, 2.05) is 12.1 Å². The van der Waals surface area contributed by atoms with Gasteiger partial charge in [-0.3, -0.25) is 0 Å². The van der Waals surface area contributed by atoms with Gasteiger partial charge in [0, 0.05) is 11.0 Å². The van der Waals surface area contributed by atoms with Crippen molar-refractivity contribution in [1.82, 2.24) is 0 Å². The Labute approximate surface area is 88.5 Å². The van der Waals surface area contributed by atoms with Crippen LogP contribution in [0.4, 0.5) is 0 Å². The number of methoxy groups -OCH3 is 1. The number of fused-ring (bicyclic) bond motifs is 1. The van der Waals surface area contributed by atoms with E-state index in [0.29, 0.717) is 0 Å². The molecule has 4 heteroatoms.